The molecule has 6 nitrogen and oxygen atoms in total. The maximum Gasteiger partial charge on any atom is 0.252 e. The summed E-state index contributed by atoms with van der Waals surface area (Å²) in [7, 11) is -1.87. The van der Waals surface area contributed by atoms with Crippen LogP contribution in [0.25, 0.3) is 10.2 Å². The van der Waals surface area contributed by atoms with Crippen molar-refractivity contribution in [2.45, 2.75) is 24.7 Å². The third-order valence-electron chi connectivity index (χ3n) is 5.45. The number of hydrogen-bond donors (Lipinski definition) is 0. The Morgan fingerprint density at radius 1 is 1.16 bits per heavy atom. The monoisotopic (exact) mass is 497 g/mol. The van der Waals surface area contributed by atoms with E-state index in [2.05, 4.69) is 4.99 Å². The molecule has 1 aromatic heterocycles. The molecule has 1 amide bonds. The molecule has 10 heteroatoms. The van der Waals surface area contributed by atoms with Crippen LogP contribution < -0.4 is 4.80 Å². The van der Waals surface area contributed by atoms with E-state index in [-0.39, 0.29) is 17.3 Å². The van der Waals surface area contributed by atoms with Gasteiger partial charge in [0.2, 0.25) is 10.0 Å². The van der Waals surface area contributed by atoms with Gasteiger partial charge in [0.15, 0.2) is 4.80 Å². The Hall–Kier alpha value is -1.71. The predicted molar refractivity (Wildman–Crippen MR) is 124 cm³/mol. The Morgan fingerprint density at radius 2 is 1.87 bits per heavy atom. The summed E-state index contributed by atoms with van der Waals surface area (Å²) in [4.78, 5) is 18.0. The van der Waals surface area contributed by atoms with Gasteiger partial charge in [-0.05, 0) is 44.0 Å². The summed E-state index contributed by atoms with van der Waals surface area (Å²) in [6.45, 7) is 2.42. The van der Waals surface area contributed by atoms with Crippen molar-refractivity contribution in [3.8, 4) is 0 Å². The summed E-state index contributed by atoms with van der Waals surface area (Å²) >= 11 is 13.8. The molecule has 0 saturated carbocycles. The highest BCUT2D eigenvalue weighted by atomic mass is 35.5. The minimum absolute atomic E-state index is 0.125. The van der Waals surface area contributed by atoms with E-state index in [0.29, 0.717) is 34.2 Å². The number of nitrogens with zero attached hydrogens (tertiary/aromatic N) is 3. The van der Waals surface area contributed by atoms with Crippen LogP contribution in [0.2, 0.25) is 10.0 Å². The first-order valence-corrected chi connectivity index (χ1v) is 12.8. The van der Waals surface area contributed by atoms with Crippen molar-refractivity contribution in [3.05, 3.63) is 56.8 Å². The molecule has 1 saturated heterocycles. The number of piperidine rings is 1. The molecule has 0 bridgehead atoms. The minimum Gasteiger partial charge on any atom is -0.318 e. The smallest absolute Gasteiger partial charge is 0.252 e. The molecule has 0 radical (unpaired) electrons. The lowest BCUT2D eigenvalue weighted by molar-refractivity contribution is -0.122. The number of rotatable bonds is 3. The first-order chi connectivity index (χ1) is 14.7. The van der Waals surface area contributed by atoms with Crippen molar-refractivity contribution in [1.82, 2.24) is 8.87 Å². The second-order valence-corrected chi connectivity index (χ2v) is 11.3. The summed E-state index contributed by atoms with van der Waals surface area (Å²) in [6.07, 6.45) is 1.21. The zero-order valence-electron chi connectivity index (χ0n) is 17.0. The van der Waals surface area contributed by atoms with E-state index in [1.54, 1.807) is 41.9 Å². The van der Waals surface area contributed by atoms with Crippen LogP contribution >= 0.6 is 34.5 Å². The third-order valence-corrected chi connectivity index (χ3v) is 9.22. The van der Waals surface area contributed by atoms with Gasteiger partial charge in [0.05, 0.1) is 31.1 Å². The number of thiazole rings is 1. The van der Waals surface area contributed by atoms with E-state index in [1.165, 1.54) is 15.6 Å². The number of benzene rings is 2. The second-order valence-electron chi connectivity index (χ2n) is 7.62. The van der Waals surface area contributed by atoms with E-state index >= 15 is 0 Å². The van der Waals surface area contributed by atoms with Gasteiger partial charge >= 0.3 is 0 Å². The van der Waals surface area contributed by atoms with Gasteiger partial charge in [0.25, 0.3) is 5.91 Å². The molecule has 0 N–H and O–H groups in total. The number of hydrogen-bond acceptors (Lipinski definition) is 4. The molecule has 31 heavy (non-hydrogen) atoms. The van der Waals surface area contributed by atoms with Crippen LogP contribution in [0.4, 0.5) is 0 Å². The van der Waals surface area contributed by atoms with E-state index in [0.717, 1.165) is 15.8 Å². The summed E-state index contributed by atoms with van der Waals surface area (Å²) < 4.78 is 30.0. The molecule has 164 valence electrons. The SMILES string of the molecule is Cc1ccc(S(=O)(=O)N2CCCC(C(=O)N=c3sc4ccc(Cl)c(Cl)c4n3C)C2)cc1. The summed E-state index contributed by atoms with van der Waals surface area (Å²) in [5, 5.41) is 0.851. The first kappa shape index (κ1) is 22.5. The van der Waals surface area contributed by atoms with Crippen molar-refractivity contribution in [1.29, 1.82) is 0 Å². The van der Waals surface area contributed by atoms with Crippen molar-refractivity contribution in [2.24, 2.45) is 18.0 Å². The second kappa shape index (κ2) is 8.67. The van der Waals surface area contributed by atoms with Crippen LogP contribution in [0.5, 0.6) is 0 Å². The normalized spacial score (nSPS) is 18.6. The zero-order chi connectivity index (χ0) is 22.3. The fourth-order valence-electron chi connectivity index (χ4n) is 3.68. The molecule has 1 unspecified atom stereocenters. The average Bonchev–Trinajstić information content (AvgIpc) is 3.07. The minimum atomic E-state index is -3.65. The molecule has 1 fully saturated rings. The number of sulfonamides is 1. The van der Waals surface area contributed by atoms with Crippen molar-refractivity contribution in [2.75, 3.05) is 13.1 Å². The molecular formula is C21H21Cl2N3O3S2. The van der Waals surface area contributed by atoms with Crippen molar-refractivity contribution in [3.63, 3.8) is 0 Å². The Labute approximate surface area is 194 Å². The summed E-state index contributed by atoms with van der Waals surface area (Å²) in [5.74, 6) is -0.813. The van der Waals surface area contributed by atoms with Crippen LogP contribution in [0.1, 0.15) is 18.4 Å². The Kier molecular flexibility index (Phi) is 6.29. The lowest BCUT2D eigenvalue weighted by Crippen LogP contribution is -2.42. The maximum absolute atomic E-state index is 13.0. The van der Waals surface area contributed by atoms with E-state index in [1.807, 2.05) is 13.0 Å². The molecule has 2 heterocycles. The van der Waals surface area contributed by atoms with Gasteiger partial charge in [-0.25, -0.2) is 8.42 Å². The van der Waals surface area contributed by atoms with Gasteiger partial charge in [-0.3, -0.25) is 4.79 Å². The van der Waals surface area contributed by atoms with Gasteiger partial charge in [0, 0.05) is 20.1 Å². The summed E-state index contributed by atoms with van der Waals surface area (Å²) in [5.41, 5.74) is 1.71. The van der Waals surface area contributed by atoms with E-state index in [4.69, 9.17) is 23.2 Å². The number of fused-ring (bicyclic) bond motifs is 1. The Balaban J connectivity index is 1.61. The van der Waals surface area contributed by atoms with E-state index < -0.39 is 15.9 Å². The van der Waals surface area contributed by atoms with Crippen molar-refractivity contribution < 1.29 is 13.2 Å². The standard InChI is InChI=1S/C21H21Cl2N3O3S2/c1-13-5-7-15(8-6-13)31(28,29)26-11-3-4-14(12-26)20(27)24-21-25(2)19-17(30-21)10-9-16(22)18(19)23/h5-10,14H,3-4,11-12H2,1-2H3. The van der Waals surface area contributed by atoms with Gasteiger partial charge in [-0.1, -0.05) is 52.2 Å². The van der Waals surface area contributed by atoms with E-state index in [9.17, 15) is 13.2 Å². The number of carbonyl (C=O) groups excluding carboxylic acids is 1. The van der Waals surface area contributed by atoms with Crippen LogP contribution in [-0.2, 0) is 21.9 Å². The molecule has 1 aliphatic rings. The molecule has 2 aromatic carbocycles. The van der Waals surface area contributed by atoms with Crippen LogP contribution in [0, 0.1) is 12.8 Å². The molecule has 0 spiro atoms. The van der Waals surface area contributed by atoms with Crippen LogP contribution in [-0.4, -0.2) is 36.3 Å². The number of halogens is 2. The number of amides is 1. The predicted octanol–water partition coefficient (Wildman–Crippen LogP) is 4.38. The van der Waals surface area contributed by atoms with Crippen molar-refractivity contribution >= 4 is 60.7 Å². The highest BCUT2D eigenvalue weighted by Gasteiger charge is 2.33. The fourth-order valence-corrected chi connectivity index (χ4v) is 6.74. The maximum atomic E-state index is 13.0. The van der Waals surface area contributed by atoms with Crippen LogP contribution in [0.3, 0.4) is 0 Å². The Morgan fingerprint density at radius 3 is 2.58 bits per heavy atom. The topological polar surface area (TPSA) is 71.7 Å². The molecule has 3 aromatic rings. The van der Waals surface area contributed by atoms with Gasteiger partial charge in [-0.15, -0.1) is 0 Å². The van der Waals surface area contributed by atoms with Gasteiger partial charge in [0.1, 0.15) is 0 Å². The highest BCUT2D eigenvalue weighted by molar-refractivity contribution is 7.89. The molecule has 4 rings (SSSR count). The number of aryl methyl sites for hydroxylation is 2. The molecule has 1 aliphatic heterocycles. The number of carbonyl (C=O) groups is 1. The lowest BCUT2D eigenvalue weighted by Gasteiger charge is -2.30. The fraction of sp³-hybridized carbons (Fsp3) is 0.333. The quantitative estimate of drug-likeness (QED) is 0.538. The molecule has 0 aliphatic carbocycles. The highest BCUT2D eigenvalue weighted by Crippen LogP contribution is 2.31. The lowest BCUT2D eigenvalue weighted by atomic mass is 9.99. The Bertz CT molecular complexity index is 1330. The molecular weight excluding hydrogens is 477 g/mol. The third kappa shape index (κ3) is 4.32. The largest absolute Gasteiger partial charge is 0.318 e. The molecule has 1 atom stereocenters. The van der Waals surface area contributed by atoms with Gasteiger partial charge in [-0.2, -0.15) is 9.30 Å². The van der Waals surface area contributed by atoms with Gasteiger partial charge < -0.3 is 4.57 Å². The van der Waals surface area contributed by atoms with Crippen LogP contribution in [0.15, 0.2) is 46.3 Å². The summed E-state index contributed by atoms with van der Waals surface area (Å²) in [6, 6.07) is 10.3. The first-order valence-electron chi connectivity index (χ1n) is 9.77. The average molecular weight is 498 g/mol. The zero-order valence-corrected chi connectivity index (χ0v) is 20.2. The number of aromatic nitrogens is 1.